The fourth-order valence-electron chi connectivity index (χ4n) is 2.34. The van der Waals surface area contributed by atoms with Gasteiger partial charge in [-0.2, -0.15) is 0 Å². The molecule has 1 heterocycles. The normalized spacial score (nSPS) is 14.0. The molecule has 1 amide bonds. The average Bonchev–Trinajstić information content (AvgIpc) is 3.27. The maximum atomic E-state index is 13.3. The molecule has 1 aromatic heterocycles. The van der Waals surface area contributed by atoms with Crippen LogP contribution in [-0.2, 0) is 6.54 Å². The van der Waals surface area contributed by atoms with E-state index in [0.29, 0.717) is 12.1 Å². The number of amides is 1. The summed E-state index contributed by atoms with van der Waals surface area (Å²) < 4.78 is 13.3. The van der Waals surface area contributed by atoms with Crippen molar-refractivity contribution >= 4 is 29.1 Å². The molecule has 0 bridgehead atoms. The smallest absolute Gasteiger partial charge is 0.254 e. The highest BCUT2D eigenvalue weighted by molar-refractivity contribution is 6.33. The molecule has 3 nitrogen and oxygen atoms in total. The molecule has 0 spiro atoms. The van der Waals surface area contributed by atoms with Crippen LogP contribution in [0, 0.1) is 5.82 Å². The van der Waals surface area contributed by atoms with Crippen molar-refractivity contribution in [1.29, 1.82) is 0 Å². The first-order chi connectivity index (χ1) is 10.5. The maximum Gasteiger partial charge on any atom is 0.254 e. The summed E-state index contributed by atoms with van der Waals surface area (Å²) in [6, 6.07) is 9.44. The van der Waals surface area contributed by atoms with Gasteiger partial charge in [0.25, 0.3) is 5.91 Å². The molecule has 114 valence electrons. The fourth-order valence-corrected chi connectivity index (χ4v) is 2.80. The SMILES string of the molecule is O=C(c1cc(Cl)nc(Cl)c1)N(Cc1cccc(F)c1)C1CC1. The zero-order chi connectivity index (χ0) is 15.7. The monoisotopic (exact) mass is 338 g/mol. The summed E-state index contributed by atoms with van der Waals surface area (Å²) in [5, 5.41) is 0.356. The molecule has 2 aromatic rings. The second kappa shape index (κ2) is 6.23. The number of benzene rings is 1. The summed E-state index contributed by atoms with van der Waals surface area (Å²) in [4.78, 5) is 18.3. The van der Waals surface area contributed by atoms with Crippen LogP contribution in [0.15, 0.2) is 36.4 Å². The highest BCUT2D eigenvalue weighted by Crippen LogP contribution is 2.30. The van der Waals surface area contributed by atoms with E-state index < -0.39 is 0 Å². The minimum absolute atomic E-state index is 0.169. The lowest BCUT2D eigenvalue weighted by molar-refractivity contribution is 0.0729. The van der Waals surface area contributed by atoms with E-state index in [1.807, 2.05) is 0 Å². The lowest BCUT2D eigenvalue weighted by atomic mass is 10.1. The number of rotatable bonds is 4. The van der Waals surface area contributed by atoms with Gasteiger partial charge in [-0.1, -0.05) is 35.3 Å². The first-order valence-electron chi connectivity index (χ1n) is 6.91. The summed E-state index contributed by atoms with van der Waals surface area (Å²) >= 11 is 11.7. The molecule has 1 aliphatic rings. The van der Waals surface area contributed by atoms with Gasteiger partial charge in [0.2, 0.25) is 0 Å². The van der Waals surface area contributed by atoms with Crippen LogP contribution in [0.1, 0.15) is 28.8 Å². The highest BCUT2D eigenvalue weighted by atomic mass is 35.5. The Hall–Kier alpha value is -1.65. The lowest BCUT2D eigenvalue weighted by Crippen LogP contribution is -2.32. The standard InChI is InChI=1S/C16H13Cl2FN2O/c17-14-7-11(8-15(18)20-14)16(22)21(13-4-5-13)9-10-2-1-3-12(19)6-10/h1-3,6-8,13H,4-5,9H2. The minimum atomic E-state index is -0.310. The molecule has 1 aliphatic carbocycles. The predicted molar refractivity (Wildman–Crippen MR) is 83.6 cm³/mol. The summed E-state index contributed by atoms with van der Waals surface area (Å²) in [6.07, 6.45) is 1.90. The van der Waals surface area contributed by atoms with Crippen LogP contribution < -0.4 is 0 Å². The van der Waals surface area contributed by atoms with Gasteiger partial charge in [-0.15, -0.1) is 0 Å². The number of aromatic nitrogens is 1. The van der Waals surface area contributed by atoms with Crippen molar-refractivity contribution in [1.82, 2.24) is 9.88 Å². The maximum absolute atomic E-state index is 13.3. The zero-order valence-electron chi connectivity index (χ0n) is 11.6. The Labute approximate surface area is 137 Å². The number of hydrogen-bond donors (Lipinski definition) is 0. The molecule has 1 aromatic carbocycles. The quantitative estimate of drug-likeness (QED) is 0.777. The number of hydrogen-bond acceptors (Lipinski definition) is 2. The van der Waals surface area contributed by atoms with Gasteiger partial charge in [-0.25, -0.2) is 9.37 Å². The van der Waals surface area contributed by atoms with E-state index in [1.165, 1.54) is 24.3 Å². The molecule has 1 saturated carbocycles. The lowest BCUT2D eigenvalue weighted by Gasteiger charge is -2.23. The van der Waals surface area contributed by atoms with E-state index in [4.69, 9.17) is 23.2 Å². The van der Waals surface area contributed by atoms with Crippen LogP contribution in [0.2, 0.25) is 10.3 Å². The molecule has 0 unspecified atom stereocenters. The Balaban J connectivity index is 1.86. The van der Waals surface area contributed by atoms with Crippen molar-refractivity contribution in [2.24, 2.45) is 0 Å². The number of halogens is 3. The van der Waals surface area contributed by atoms with Crippen LogP contribution in [0.25, 0.3) is 0 Å². The molecule has 0 atom stereocenters. The van der Waals surface area contributed by atoms with Crippen molar-refractivity contribution < 1.29 is 9.18 Å². The Bertz CT molecular complexity index is 699. The molecular formula is C16H13Cl2FN2O. The fraction of sp³-hybridized carbons (Fsp3) is 0.250. The van der Waals surface area contributed by atoms with Crippen LogP contribution in [-0.4, -0.2) is 21.8 Å². The molecule has 0 radical (unpaired) electrons. The van der Waals surface area contributed by atoms with Gasteiger partial charge in [0.15, 0.2) is 0 Å². The van der Waals surface area contributed by atoms with Crippen molar-refractivity contribution in [3.8, 4) is 0 Å². The Morgan fingerprint density at radius 2 is 1.91 bits per heavy atom. The van der Waals surface area contributed by atoms with Crippen LogP contribution in [0.3, 0.4) is 0 Å². The van der Waals surface area contributed by atoms with Crippen molar-refractivity contribution in [2.45, 2.75) is 25.4 Å². The third-order valence-electron chi connectivity index (χ3n) is 3.50. The topological polar surface area (TPSA) is 33.2 Å². The minimum Gasteiger partial charge on any atom is -0.331 e. The van der Waals surface area contributed by atoms with Gasteiger partial charge in [-0.05, 0) is 42.7 Å². The van der Waals surface area contributed by atoms with E-state index in [1.54, 1.807) is 17.0 Å². The molecule has 6 heteroatoms. The summed E-state index contributed by atoms with van der Waals surface area (Å²) in [7, 11) is 0. The molecule has 3 rings (SSSR count). The molecular weight excluding hydrogens is 326 g/mol. The Morgan fingerprint density at radius 3 is 2.50 bits per heavy atom. The van der Waals surface area contributed by atoms with E-state index >= 15 is 0 Å². The van der Waals surface area contributed by atoms with E-state index in [-0.39, 0.29) is 28.1 Å². The average molecular weight is 339 g/mol. The van der Waals surface area contributed by atoms with E-state index in [0.717, 1.165) is 18.4 Å². The Morgan fingerprint density at radius 1 is 1.23 bits per heavy atom. The van der Waals surface area contributed by atoms with Gasteiger partial charge < -0.3 is 4.90 Å². The Kier molecular flexibility index (Phi) is 4.32. The molecule has 0 saturated heterocycles. The number of pyridine rings is 1. The molecule has 22 heavy (non-hydrogen) atoms. The highest BCUT2D eigenvalue weighted by Gasteiger charge is 2.33. The second-order valence-electron chi connectivity index (χ2n) is 5.30. The van der Waals surface area contributed by atoms with Crippen molar-refractivity contribution in [3.63, 3.8) is 0 Å². The largest absolute Gasteiger partial charge is 0.331 e. The number of carbonyl (C=O) groups is 1. The number of nitrogens with zero attached hydrogens (tertiary/aromatic N) is 2. The molecule has 0 N–H and O–H groups in total. The second-order valence-corrected chi connectivity index (χ2v) is 6.07. The molecule has 1 fully saturated rings. The molecule has 0 aliphatic heterocycles. The van der Waals surface area contributed by atoms with Gasteiger partial charge >= 0.3 is 0 Å². The van der Waals surface area contributed by atoms with Gasteiger partial charge in [-0.3, -0.25) is 4.79 Å². The van der Waals surface area contributed by atoms with Gasteiger partial charge in [0.1, 0.15) is 16.1 Å². The summed E-state index contributed by atoms with van der Waals surface area (Å²) in [5.74, 6) is -0.478. The first kappa shape index (κ1) is 15.3. The summed E-state index contributed by atoms with van der Waals surface area (Å²) in [5.41, 5.74) is 1.15. The first-order valence-corrected chi connectivity index (χ1v) is 7.67. The van der Waals surface area contributed by atoms with Gasteiger partial charge in [0, 0.05) is 18.2 Å². The summed E-state index contributed by atoms with van der Waals surface area (Å²) in [6.45, 7) is 0.360. The van der Waals surface area contributed by atoms with Crippen LogP contribution in [0.5, 0.6) is 0 Å². The third kappa shape index (κ3) is 3.57. The zero-order valence-corrected chi connectivity index (χ0v) is 13.1. The number of carbonyl (C=O) groups excluding carboxylic acids is 1. The van der Waals surface area contributed by atoms with Crippen LogP contribution >= 0.6 is 23.2 Å². The van der Waals surface area contributed by atoms with E-state index in [2.05, 4.69) is 4.98 Å². The predicted octanol–water partition coefficient (Wildman–Crippen LogP) is 4.33. The van der Waals surface area contributed by atoms with Crippen molar-refractivity contribution in [3.05, 3.63) is 63.6 Å². The van der Waals surface area contributed by atoms with Gasteiger partial charge in [0.05, 0.1) is 0 Å². The third-order valence-corrected chi connectivity index (χ3v) is 3.89. The van der Waals surface area contributed by atoms with Crippen LogP contribution in [0.4, 0.5) is 4.39 Å². The van der Waals surface area contributed by atoms with Crippen molar-refractivity contribution in [2.75, 3.05) is 0 Å². The van der Waals surface area contributed by atoms with E-state index in [9.17, 15) is 9.18 Å².